The Morgan fingerprint density at radius 3 is 2.39 bits per heavy atom. The number of halogens is 1. The van der Waals surface area contributed by atoms with Crippen LogP contribution in [-0.4, -0.2) is 36.3 Å². The minimum Gasteiger partial charge on any atom is -0.326 e. The second-order valence-electron chi connectivity index (χ2n) is 7.34. The minimum absolute atomic E-state index is 0.0451. The van der Waals surface area contributed by atoms with Gasteiger partial charge >= 0.3 is 0 Å². The number of rotatable bonds is 5. The van der Waals surface area contributed by atoms with Gasteiger partial charge in [-0.25, -0.2) is 4.39 Å². The summed E-state index contributed by atoms with van der Waals surface area (Å²) in [6.45, 7) is 5.69. The molecule has 0 spiro atoms. The maximum absolute atomic E-state index is 12.9. The van der Waals surface area contributed by atoms with Crippen molar-refractivity contribution in [1.29, 1.82) is 0 Å². The molecule has 2 aromatic rings. The van der Waals surface area contributed by atoms with Crippen molar-refractivity contribution in [1.82, 2.24) is 4.90 Å². The lowest BCUT2D eigenvalue weighted by molar-refractivity contribution is -0.121. The molecule has 6 heteroatoms. The average Bonchev–Trinajstić information content (AvgIpc) is 2.68. The Balaban J connectivity index is 1.46. The van der Waals surface area contributed by atoms with E-state index in [2.05, 4.69) is 10.6 Å². The fourth-order valence-electron chi connectivity index (χ4n) is 3.41. The van der Waals surface area contributed by atoms with Crippen LogP contribution in [0, 0.1) is 25.6 Å². The first-order valence-electron chi connectivity index (χ1n) is 9.57. The van der Waals surface area contributed by atoms with Gasteiger partial charge in [0, 0.05) is 17.3 Å². The number of benzene rings is 2. The van der Waals surface area contributed by atoms with E-state index in [9.17, 15) is 14.0 Å². The van der Waals surface area contributed by atoms with Crippen LogP contribution >= 0.6 is 0 Å². The Morgan fingerprint density at radius 2 is 1.71 bits per heavy atom. The first kappa shape index (κ1) is 20.0. The van der Waals surface area contributed by atoms with Gasteiger partial charge in [-0.2, -0.15) is 0 Å². The Hall–Kier alpha value is -2.73. The molecule has 0 radical (unpaired) electrons. The van der Waals surface area contributed by atoms with Gasteiger partial charge in [-0.1, -0.05) is 12.1 Å². The smallest absolute Gasteiger partial charge is 0.238 e. The van der Waals surface area contributed by atoms with Crippen LogP contribution in [0.5, 0.6) is 0 Å². The topological polar surface area (TPSA) is 61.4 Å². The van der Waals surface area contributed by atoms with Gasteiger partial charge in [-0.15, -0.1) is 0 Å². The zero-order chi connectivity index (χ0) is 20.1. The van der Waals surface area contributed by atoms with Crippen molar-refractivity contribution >= 4 is 23.2 Å². The first-order valence-corrected chi connectivity index (χ1v) is 9.57. The first-order chi connectivity index (χ1) is 13.4. The molecule has 2 amide bonds. The van der Waals surface area contributed by atoms with E-state index in [1.807, 2.05) is 36.9 Å². The number of amides is 2. The molecule has 2 N–H and O–H groups in total. The van der Waals surface area contributed by atoms with Crippen molar-refractivity contribution in [2.75, 3.05) is 30.3 Å². The number of piperidine rings is 1. The summed E-state index contributed by atoms with van der Waals surface area (Å²) >= 11 is 0. The van der Waals surface area contributed by atoms with Gasteiger partial charge in [0.25, 0.3) is 0 Å². The van der Waals surface area contributed by atoms with Gasteiger partial charge in [0.1, 0.15) is 5.82 Å². The number of anilines is 2. The summed E-state index contributed by atoms with van der Waals surface area (Å²) in [6.07, 6.45) is 1.45. The summed E-state index contributed by atoms with van der Waals surface area (Å²) in [4.78, 5) is 26.8. The molecule has 0 saturated carbocycles. The average molecular weight is 383 g/mol. The highest BCUT2D eigenvalue weighted by molar-refractivity contribution is 5.94. The highest BCUT2D eigenvalue weighted by Gasteiger charge is 2.26. The molecular weight excluding hydrogens is 357 g/mol. The van der Waals surface area contributed by atoms with Crippen LogP contribution in [0.2, 0.25) is 0 Å². The van der Waals surface area contributed by atoms with Crippen LogP contribution in [0.3, 0.4) is 0 Å². The molecule has 3 rings (SSSR count). The largest absolute Gasteiger partial charge is 0.326 e. The summed E-state index contributed by atoms with van der Waals surface area (Å²) in [5.74, 6) is -0.468. The molecule has 0 atom stereocenters. The summed E-state index contributed by atoms with van der Waals surface area (Å²) in [6, 6.07) is 11.6. The number of carbonyl (C=O) groups is 2. The third-order valence-corrected chi connectivity index (χ3v) is 5.32. The van der Waals surface area contributed by atoms with E-state index in [4.69, 9.17) is 0 Å². The third kappa shape index (κ3) is 5.16. The Kier molecular flexibility index (Phi) is 6.41. The van der Waals surface area contributed by atoms with Gasteiger partial charge in [-0.05, 0) is 81.2 Å². The van der Waals surface area contributed by atoms with Crippen molar-refractivity contribution < 1.29 is 14.0 Å². The van der Waals surface area contributed by atoms with Crippen LogP contribution < -0.4 is 10.6 Å². The quantitative estimate of drug-likeness (QED) is 0.827. The van der Waals surface area contributed by atoms with E-state index < -0.39 is 0 Å². The molecule has 1 fully saturated rings. The van der Waals surface area contributed by atoms with E-state index in [0.29, 0.717) is 18.8 Å². The van der Waals surface area contributed by atoms with Crippen molar-refractivity contribution in [3.8, 4) is 0 Å². The number of carbonyl (C=O) groups excluding carboxylic acids is 2. The Labute approximate surface area is 164 Å². The zero-order valence-electron chi connectivity index (χ0n) is 16.3. The number of aryl methyl sites for hydroxylation is 1. The summed E-state index contributed by atoms with van der Waals surface area (Å²) < 4.78 is 12.9. The molecule has 0 aromatic heterocycles. The van der Waals surface area contributed by atoms with Gasteiger partial charge in [0.15, 0.2) is 0 Å². The van der Waals surface area contributed by atoms with E-state index in [1.54, 1.807) is 0 Å². The van der Waals surface area contributed by atoms with Crippen molar-refractivity contribution in [3.63, 3.8) is 0 Å². The summed E-state index contributed by atoms with van der Waals surface area (Å²) in [5, 5.41) is 5.81. The molecule has 5 nitrogen and oxygen atoms in total. The number of likely N-dealkylation sites (tertiary alicyclic amines) is 1. The lowest BCUT2D eigenvalue weighted by atomic mass is 9.95. The zero-order valence-corrected chi connectivity index (χ0v) is 16.3. The maximum Gasteiger partial charge on any atom is 0.238 e. The normalized spacial score (nSPS) is 15.2. The molecule has 2 aromatic carbocycles. The van der Waals surface area contributed by atoms with Gasteiger partial charge < -0.3 is 10.6 Å². The fourth-order valence-corrected chi connectivity index (χ4v) is 3.41. The second kappa shape index (κ2) is 8.97. The van der Waals surface area contributed by atoms with Crippen LogP contribution in [0.25, 0.3) is 0 Å². The highest BCUT2D eigenvalue weighted by Crippen LogP contribution is 2.22. The lowest BCUT2D eigenvalue weighted by Gasteiger charge is -2.30. The number of nitrogens with one attached hydrogen (secondary N) is 2. The number of nitrogens with zero attached hydrogens (tertiary/aromatic N) is 1. The number of hydrogen-bond acceptors (Lipinski definition) is 3. The fraction of sp³-hybridized carbons (Fsp3) is 0.364. The number of hydrogen-bond donors (Lipinski definition) is 2. The van der Waals surface area contributed by atoms with Crippen LogP contribution in [-0.2, 0) is 9.59 Å². The van der Waals surface area contributed by atoms with Gasteiger partial charge in [0.2, 0.25) is 11.8 Å². The van der Waals surface area contributed by atoms with Gasteiger partial charge in [0.05, 0.1) is 6.54 Å². The predicted octanol–water partition coefficient (Wildman–Crippen LogP) is 3.73. The molecule has 28 heavy (non-hydrogen) atoms. The minimum atomic E-state index is -0.334. The molecule has 0 unspecified atom stereocenters. The van der Waals surface area contributed by atoms with Crippen molar-refractivity contribution in [2.24, 2.45) is 5.92 Å². The Morgan fingerprint density at radius 1 is 1.04 bits per heavy atom. The van der Waals surface area contributed by atoms with Crippen LogP contribution in [0.4, 0.5) is 15.8 Å². The van der Waals surface area contributed by atoms with Gasteiger partial charge in [-0.3, -0.25) is 14.5 Å². The molecule has 148 valence electrons. The maximum atomic E-state index is 12.9. The Bertz CT molecular complexity index is 843. The molecule has 1 heterocycles. The second-order valence-corrected chi connectivity index (χ2v) is 7.34. The lowest BCUT2D eigenvalue weighted by Crippen LogP contribution is -2.41. The van der Waals surface area contributed by atoms with E-state index in [1.165, 1.54) is 24.3 Å². The molecule has 0 aliphatic carbocycles. The van der Waals surface area contributed by atoms with E-state index in [-0.39, 0.29) is 30.1 Å². The molecule has 1 aliphatic rings. The molecule has 0 bridgehead atoms. The van der Waals surface area contributed by atoms with Crippen molar-refractivity contribution in [3.05, 3.63) is 59.4 Å². The monoisotopic (exact) mass is 383 g/mol. The molecule has 1 aliphatic heterocycles. The predicted molar refractivity (Wildman–Crippen MR) is 109 cm³/mol. The van der Waals surface area contributed by atoms with Crippen LogP contribution in [0.1, 0.15) is 24.0 Å². The van der Waals surface area contributed by atoms with Crippen molar-refractivity contribution in [2.45, 2.75) is 26.7 Å². The van der Waals surface area contributed by atoms with E-state index in [0.717, 1.165) is 29.7 Å². The summed E-state index contributed by atoms with van der Waals surface area (Å²) in [5.41, 5.74) is 3.69. The van der Waals surface area contributed by atoms with Crippen LogP contribution in [0.15, 0.2) is 42.5 Å². The summed E-state index contributed by atoms with van der Waals surface area (Å²) in [7, 11) is 0. The molecular formula is C22H26FN3O2. The standard InChI is InChI=1S/C22H26FN3O2/c1-15-4-3-5-20(16(15)2)25-22(28)17-10-12-26(13-11-17)14-21(27)24-19-8-6-18(23)7-9-19/h3-9,17H,10-14H2,1-2H3,(H,24,27)(H,25,28). The SMILES string of the molecule is Cc1cccc(NC(=O)C2CCN(CC(=O)Nc3ccc(F)cc3)CC2)c1C. The van der Waals surface area contributed by atoms with E-state index >= 15 is 0 Å². The highest BCUT2D eigenvalue weighted by atomic mass is 19.1. The third-order valence-electron chi connectivity index (χ3n) is 5.32. The molecule has 1 saturated heterocycles.